The number of carboxylic acids is 1. The smallest absolute Gasteiger partial charge is 0.305 e. The van der Waals surface area contributed by atoms with E-state index in [1.165, 1.54) is 7.11 Å². The molecule has 0 fully saturated rings. The van der Waals surface area contributed by atoms with Gasteiger partial charge >= 0.3 is 5.97 Å². The lowest BCUT2D eigenvalue weighted by Crippen LogP contribution is -2.27. The van der Waals surface area contributed by atoms with Crippen LogP contribution in [0, 0.1) is 11.8 Å². The van der Waals surface area contributed by atoms with Gasteiger partial charge in [0.25, 0.3) is 0 Å². The number of aliphatic carboxylic acids is 1. The summed E-state index contributed by atoms with van der Waals surface area (Å²) in [6, 6.07) is 0. The molecule has 0 saturated heterocycles. The van der Waals surface area contributed by atoms with Crippen molar-refractivity contribution in [2.75, 3.05) is 7.11 Å². The highest BCUT2D eigenvalue weighted by molar-refractivity contribution is 5.71. The Bertz CT molecular complexity index is 198. The van der Waals surface area contributed by atoms with Crippen LogP contribution in [0.15, 0.2) is 0 Å². The molecule has 4 nitrogen and oxygen atoms in total. The van der Waals surface area contributed by atoms with E-state index in [1.54, 1.807) is 0 Å². The minimum absolute atomic E-state index is 0.0761. The molecule has 0 heterocycles. The molecule has 0 N–H and O–H groups in total. The van der Waals surface area contributed by atoms with Gasteiger partial charge in [-0.3, -0.25) is 4.79 Å². The summed E-state index contributed by atoms with van der Waals surface area (Å²) >= 11 is 0. The molecule has 0 aliphatic heterocycles. The fourth-order valence-electron chi connectivity index (χ4n) is 1.46. The SMILES string of the molecule is COC(=O)CC(CC(=O)[O-])CC(C)C. The third kappa shape index (κ3) is 6.46. The molecule has 0 spiro atoms. The van der Waals surface area contributed by atoms with Gasteiger partial charge in [-0.2, -0.15) is 0 Å². The molecule has 0 rings (SSSR count). The van der Waals surface area contributed by atoms with Gasteiger partial charge in [0.05, 0.1) is 7.11 Å². The van der Waals surface area contributed by atoms with Gasteiger partial charge in [0, 0.05) is 12.4 Å². The van der Waals surface area contributed by atoms with Crippen LogP contribution >= 0.6 is 0 Å². The van der Waals surface area contributed by atoms with Crippen molar-refractivity contribution < 1.29 is 19.4 Å². The Kier molecular flexibility index (Phi) is 5.92. The molecule has 4 heteroatoms. The Morgan fingerprint density at radius 3 is 2.21 bits per heavy atom. The number of hydrogen-bond acceptors (Lipinski definition) is 4. The predicted octanol–water partition coefficient (Wildman–Crippen LogP) is 0.352. The first-order valence-electron chi connectivity index (χ1n) is 4.72. The van der Waals surface area contributed by atoms with Crippen molar-refractivity contribution >= 4 is 11.9 Å². The topological polar surface area (TPSA) is 66.4 Å². The number of ether oxygens (including phenoxy) is 1. The van der Waals surface area contributed by atoms with Crippen LogP contribution in [0.5, 0.6) is 0 Å². The van der Waals surface area contributed by atoms with Gasteiger partial charge in [0.15, 0.2) is 0 Å². The Balaban J connectivity index is 4.09. The first-order valence-corrected chi connectivity index (χ1v) is 4.72. The van der Waals surface area contributed by atoms with Crippen molar-refractivity contribution in [3.05, 3.63) is 0 Å². The number of rotatable bonds is 6. The third-order valence-electron chi connectivity index (χ3n) is 1.94. The van der Waals surface area contributed by atoms with Crippen LogP contribution in [0.25, 0.3) is 0 Å². The van der Waals surface area contributed by atoms with Gasteiger partial charge < -0.3 is 14.6 Å². The molecule has 1 atom stereocenters. The van der Waals surface area contributed by atoms with Crippen LogP contribution in [0.1, 0.15) is 33.1 Å². The monoisotopic (exact) mass is 201 g/mol. The molecule has 0 aliphatic rings. The molecule has 0 bridgehead atoms. The van der Waals surface area contributed by atoms with Crippen molar-refractivity contribution in [1.82, 2.24) is 0 Å². The highest BCUT2D eigenvalue weighted by Crippen LogP contribution is 2.19. The minimum Gasteiger partial charge on any atom is -0.550 e. The molecule has 0 aromatic rings. The van der Waals surface area contributed by atoms with E-state index in [0.29, 0.717) is 12.3 Å². The summed E-state index contributed by atoms with van der Waals surface area (Å²) in [6.07, 6.45) is 0.777. The van der Waals surface area contributed by atoms with E-state index in [1.807, 2.05) is 13.8 Å². The van der Waals surface area contributed by atoms with Gasteiger partial charge in [-0.05, 0) is 24.7 Å². The highest BCUT2D eigenvalue weighted by Gasteiger charge is 2.15. The molecule has 0 aromatic heterocycles. The second-order valence-corrected chi connectivity index (χ2v) is 3.85. The van der Waals surface area contributed by atoms with E-state index in [2.05, 4.69) is 4.74 Å². The van der Waals surface area contributed by atoms with E-state index in [4.69, 9.17) is 0 Å². The molecular weight excluding hydrogens is 184 g/mol. The highest BCUT2D eigenvalue weighted by atomic mass is 16.5. The summed E-state index contributed by atoms with van der Waals surface area (Å²) in [7, 11) is 1.30. The fraction of sp³-hybridized carbons (Fsp3) is 0.800. The summed E-state index contributed by atoms with van der Waals surface area (Å²) in [6.45, 7) is 3.97. The lowest BCUT2D eigenvalue weighted by molar-refractivity contribution is -0.306. The molecule has 0 radical (unpaired) electrons. The zero-order valence-corrected chi connectivity index (χ0v) is 8.91. The molecule has 0 amide bonds. The van der Waals surface area contributed by atoms with Gasteiger partial charge in [-0.1, -0.05) is 13.8 Å². The Morgan fingerprint density at radius 2 is 1.86 bits per heavy atom. The summed E-state index contributed by atoms with van der Waals surface area (Å²) in [5.74, 6) is -1.28. The summed E-state index contributed by atoms with van der Waals surface area (Å²) in [5.41, 5.74) is 0. The van der Waals surface area contributed by atoms with Gasteiger partial charge in [-0.25, -0.2) is 0 Å². The normalized spacial score (nSPS) is 12.6. The van der Waals surface area contributed by atoms with Crippen LogP contribution in [0.3, 0.4) is 0 Å². The van der Waals surface area contributed by atoms with Crippen LogP contribution in [0.4, 0.5) is 0 Å². The summed E-state index contributed by atoms with van der Waals surface area (Å²) in [4.78, 5) is 21.3. The number of methoxy groups -OCH3 is 1. The predicted molar refractivity (Wildman–Crippen MR) is 49.2 cm³/mol. The summed E-state index contributed by atoms with van der Waals surface area (Å²) in [5, 5.41) is 10.4. The number of carbonyl (C=O) groups excluding carboxylic acids is 2. The van der Waals surface area contributed by atoms with Crippen molar-refractivity contribution in [2.45, 2.75) is 33.1 Å². The van der Waals surface area contributed by atoms with Crippen molar-refractivity contribution in [3.8, 4) is 0 Å². The van der Waals surface area contributed by atoms with Crippen LogP contribution in [-0.2, 0) is 14.3 Å². The number of hydrogen-bond donors (Lipinski definition) is 0. The quantitative estimate of drug-likeness (QED) is 0.582. The lowest BCUT2D eigenvalue weighted by atomic mass is 9.91. The number of carboxylic acid groups (broad SMARTS) is 1. The maximum atomic E-state index is 10.9. The van der Waals surface area contributed by atoms with Crippen molar-refractivity contribution in [3.63, 3.8) is 0 Å². The van der Waals surface area contributed by atoms with Gasteiger partial charge in [-0.15, -0.1) is 0 Å². The minimum atomic E-state index is -1.11. The average molecular weight is 201 g/mol. The average Bonchev–Trinajstić information content (AvgIpc) is 2.01. The van der Waals surface area contributed by atoms with Gasteiger partial charge in [0.1, 0.15) is 0 Å². The van der Waals surface area contributed by atoms with E-state index in [9.17, 15) is 14.7 Å². The van der Waals surface area contributed by atoms with Gasteiger partial charge in [0.2, 0.25) is 0 Å². The zero-order valence-electron chi connectivity index (χ0n) is 8.91. The maximum absolute atomic E-state index is 10.9. The molecule has 14 heavy (non-hydrogen) atoms. The number of carbonyl (C=O) groups is 2. The Morgan fingerprint density at radius 1 is 1.29 bits per heavy atom. The van der Waals surface area contributed by atoms with Crippen LogP contribution in [0.2, 0.25) is 0 Å². The van der Waals surface area contributed by atoms with E-state index >= 15 is 0 Å². The van der Waals surface area contributed by atoms with Crippen molar-refractivity contribution in [2.24, 2.45) is 11.8 Å². The molecule has 1 unspecified atom stereocenters. The molecule has 82 valence electrons. The van der Waals surface area contributed by atoms with E-state index in [0.717, 1.165) is 0 Å². The first-order chi connectivity index (χ1) is 6.45. The largest absolute Gasteiger partial charge is 0.550 e. The third-order valence-corrected chi connectivity index (χ3v) is 1.94. The lowest BCUT2D eigenvalue weighted by Gasteiger charge is -2.17. The van der Waals surface area contributed by atoms with Crippen LogP contribution in [-0.4, -0.2) is 19.0 Å². The molecule has 0 aliphatic carbocycles. The van der Waals surface area contributed by atoms with E-state index in [-0.39, 0.29) is 24.7 Å². The molecular formula is C10H17O4-. The van der Waals surface area contributed by atoms with Crippen LogP contribution < -0.4 is 5.11 Å². The van der Waals surface area contributed by atoms with E-state index < -0.39 is 5.97 Å². The van der Waals surface area contributed by atoms with Crippen molar-refractivity contribution in [1.29, 1.82) is 0 Å². The second kappa shape index (κ2) is 6.40. The second-order valence-electron chi connectivity index (χ2n) is 3.85. The summed E-state index contributed by atoms with van der Waals surface area (Å²) < 4.78 is 4.49. The Hall–Kier alpha value is -1.06. The maximum Gasteiger partial charge on any atom is 0.305 e. The fourth-order valence-corrected chi connectivity index (χ4v) is 1.46. The zero-order chi connectivity index (χ0) is 11.1. The first kappa shape index (κ1) is 12.9. The number of esters is 1. The molecule has 0 aromatic carbocycles. The standard InChI is InChI=1S/C10H18O4/c1-7(2)4-8(5-9(11)12)6-10(13)14-3/h7-8H,4-6H2,1-3H3,(H,11,12)/p-1. The molecule has 0 saturated carbocycles. The Labute approximate surface area is 84.3 Å².